The summed E-state index contributed by atoms with van der Waals surface area (Å²) in [6, 6.07) is 15.7. The molecule has 33 heavy (non-hydrogen) atoms. The average molecular weight is 474 g/mol. The number of hydrogen-bond acceptors (Lipinski definition) is 2. The summed E-state index contributed by atoms with van der Waals surface area (Å²) in [6.07, 6.45) is -2.85. The number of fused-ring (bicyclic) bond motifs is 1. The minimum Gasteiger partial charge on any atom is -0.478 e. The Labute approximate surface area is 190 Å². The van der Waals surface area contributed by atoms with E-state index in [0.29, 0.717) is 11.2 Å². The lowest BCUT2D eigenvalue weighted by atomic mass is 10.1. The quantitative estimate of drug-likeness (QED) is 0.310. The fraction of sp³-hybridized carbons (Fsp3) is 0.0435. The Kier molecular flexibility index (Phi) is 5.73. The largest absolute Gasteiger partial charge is 0.478 e. The summed E-state index contributed by atoms with van der Waals surface area (Å²) in [6.45, 7) is 0. The zero-order chi connectivity index (χ0) is 23.8. The molecule has 0 atom stereocenters. The van der Waals surface area contributed by atoms with Gasteiger partial charge >= 0.3 is 18.2 Å². The number of hydrogen-bond donors (Lipinski definition) is 3. The van der Waals surface area contributed by atoms with Gasteiger partial charge in [-0.3, -0.25) is 0 Å². The summed E-state index contributed by atoms with van der Waals surface area (Å²) in [5.74, 6) is -1.03. The average Bonchev–Trinajstić information content (AvgIpc) is 3.18. The second kappa shape index (κ2) is 8.51. The second-order valence-corrected chi connectivity index (χ2v) is 7.49. The highest BCUT2D eigenvalue weighted by molar-refractivity contribution is 6.31. The zero-order valence-electron chi connectivity index (χ0n) is 16.7. The number of halogens is 4. The summed E-state index contributed by atoms with van der Waals surface area (Å²) >= 11 is 5.59. The van der Waals surface area contributed by atoms with Gasteiger partial charge in [-0.15, -0.1) is 0 Å². The normalized spacial score (nSPS) is 11.4. The predicted octanol–water partition coefficient (Wildman–Crippen LogP) is 6.64. The van der Waals surface area contributed by atoms with Crippen molar-refractivity contribution in [3.63, 3.8) is 0 Å². The van der Waals surface area contributed by atoms with E-state index in [1.165, 1.54) is 12.1 Å². The first-order valence-electron chi connectivity index (χ1n) is 9.51. The van der Waals surface area contributed by atoms with Crippen LogP contribution < -0.4 is 10.6 Å². The number of nitrogens with zero attached hydrogens (tertiary/aromatic N) is 1. The number of urea groups is 1. The van der Waals surface area contributed by atoms with Gasteiger partial charge in [0.05, 0.1) is 21.7 Å². The molecule has 6 nitrogen and oxygen atoms in total. The van der Waals surface area contributed by atoms with Crippen LogP contribution in [0.3, 0.4) is 0 Å². The van der Waals surface area contributed by atoms with Gasteiger partial charge < -0.3 is 20.3 Å². The van der Waals surface area contributed by atoms with Crippen LogP contribution in [0.5, 0.6) is 0 Å². The predicted molar refractivity (Wildman–Crippen MR) is 119 cm³/mol. The maximum Gasteiger partial charge on any atom is 0.417 e. The van der Waals surface area contributed by atoms with Crippen molar-refractivity contribution in [2.45, 2.75) is 6.18 Å². The molecule has 4 aromatic rings. The molecule has 0 radical (unpaired) electrons. The van der Waals surface area contributed by atoms with E-state index in [4.69, 9.17) is 11.6 Å². The van der Waals surface area contributed by atoms with Crippen molar-refractivity contribution in [2.75, 3.05) is 10.6 Å². The smallest absolute Gasteiger partial charge is 0.417 e. The van der Waals surface area contributed by atoms with E-state index in [-0.39, 0.29) is 11.3 Å². The van der Waals surface area contributed by atoms with Crippen molar-refractivity contribution in [3.05, 3.63) is 89.1 Å². The van der Waals surface area contributed by atoms with Crippen molar-refractivity contribution >= 4 is 45.9 Å². The van der Waals surface area contributed by atoms with Gasteiger partial charge in [0.25, 0.3) is 0 Å². The van der Waals surface area contributed by atoms with Crippen LogP contribution in [-0.2, 0) is 6.18 Å². The molecule has 0 aliphatic rings. The van der Waals surface area contributed by atoms with Gasteiger partial charge in [0.15, 0.2) is 0 Å². The molecule has 1 heterocycles. The fourth-order valence-electron chi connectivity index (χ4n) is 3.31. The first kappa shape index (κ1) is 22.2. The van der Waals surface area contributed by atoms with Gasteiger partial charge in [-0.1, -0.05) is 17.7 Å². The molecule has 10 heteroatoms. The molecule has 3 N–H and O–H groups in total. The third-order valence-corrected chi connectivity index (χ3v) is 5.20. The number of carboxylic acid groups (broad SMARTS) is 1. The van der Waals surface area contributed by atoms with Crippen LogP contribution in [0.4, 0.5) is 29.3 Å². The second-order valence-electron chi connectivity index (χ2n) is 7.08. The molecule has 0 aliphatic carbocycles. The minimum absolute atomic E-state index is 0.0612. The van der Waals surface area contributed by atoms with Crippen LogP contribution >= 0.6 is 11.6 Å². The minimum atomic E-state index is -4.64. The zero-order valence-corrected chi connectivity index (χ0v) is 17.4. The Bertz CT molecular complexity index is 1370. The number of benzene rings is 3. The molecule has 0 fully saturated rings. The number of carboxylic acids is 1. The molecule has 0 aliphatic heterocycles. The molecule has 0 bridgehead atoms. The highest BCUT2D eigenvalue weighted by Crippen LogP contribution is 2.36. The fourth-order valence-corrected chi connectivity index (χ4v) is 3.53. The molecule has 0 spiro atoms. The summed E-state index contributed by atoms with van der Waals surface area (Å²) in [5.41, 5.74) is 0.894. The van der Waals surface area contributed by atoms with Gasteiger partial charge in [-0.25, -0.2) is 9.59 Å². The molecule has 4 rings (SSSR count). The van der Waals surface area contributed by atoms with E-state index in [1.807, 2.05) is 6.07 Å². The Morgan fingerprint density at radius 2 is 1.55 bits per heavy atom. The van der Waals surface area contributed by atoms with E-state index < -0.39 is 28.8 Å². The number of carbonyl (C=O) groups is 2. The van der Waals surface area contributed by atoms with Crippen LogP contribution in [-0.4, -0.2) is 21.7 Å². The monoisotopic (exact) mass is 473 g/mol. The molecule has 0 saturated carbocycles. The Morgan fingerprint density at radius 1 is 0.879 bits per heavy atom. The number of nitrogens with one attached hydrogen (secondary N) is 2. The number of aromatic nitrogens is 1. The standard InChI is InChI=1S/C23H15ClF3N3O3/c24-19-8-5-16(12-18(19)23(25,26)27)29-22(33)28-15-3-6-17(7-4-15)30-10-9-13-1-2-14(21(31)32)11-20(13)30/h1-12H,(H,31,32)(H2,28,29,33). The van der Waals surface area contributed by atoms with E-state index >= 15 is 0 Å². The number of carbonyl (C=O) groups excluding carboxylic acids is 1. The first-order chi connectivity index (χ1) is 15.6. The van der Waals surface area contributed by atoms with Crippen LogP contribution in [0.1, 0.15) is 15.9 Å². The SMILES string of the molecule is O=C(Nc1ccc(-n2ccc3ccc(C(=O)O)cc32)cc1)Nc1ccc(Cl)c(C(F)(F)F)c1. The van der Waals surface area contributed by atoms with E-state index in [9.17, 15) is 27.9 Å². The maximum absolute atomic E-state index is 13.0. The van der Waals surface area contributed by atoms with Crippen molar-refractivity contribution in [2.24, 2.45) is 0 Å². The molecule has 0 unspecified atom stereocenters. The van der Waals surface area contributed by atoms with Crippen molar-refractivity contribution in [3.8, 4) is 5.69 Å². The third kappa shape index (κ3) is 4.78. The van der Waals surface area contributed by atoms with Crippen LogP contribution in [0.25, 0.3) is 16.6 Å². The summed E-state index contributed by atoms with van der Waals surface area (Å²) in [5, 5.41) is 14.5. The van der Waals surface area contributed by atoms with E-state index in [0.717, 1.165) is 23.2 Å². The Hall–Kier alpha value is -3.98. The highest BCUT2D eigenvalue weighted by Gasteiger charge is 2.33. The highest BCUT2D eigenvalue weighted by atomic mass is 35.5. The molecule has 3 aromatic carbocycles. The number of anilines is 2. The number of aromatic carboxylic acids is 1. The van der Waals surface area contributed by atoms with Gasteiger partial charge in [-0.2, -0.15) is 13.2 Å². The van der Waals surface area contributed by atoms with Crippen LogP contribution in [0.15, 0.2) is 72.9 Å². The van der Waals surface area contributed by atoms with Crippen molar-refractivity contribution in [1.29, 1.82) is 0 Å². The lowest BCUT2D eigenvalue weighted by molar-refractivity contribution is -0.137. The first-order valence-corrected chi connectivity index (χ1v) is 9.89. The molecule has 0 saturated heterocycles. The van der Waals surface area contributed by atoms with Crippen molar-refractivity contribution < 1.29 is 27.9 Å². The van der Waals surface area contributed by atoms with E-state index in [2.05, 4.69) is 10.6 Å². The molecule has 168 valence electrons. The van der Waals surface area contributed by atoms with Gasteiger partial charge in [0.1, 0.15) is 0 Å². The molecule has 2 amide bonds. The van der Waals surface area contributed by atoms with Crippen LogP contribution in [0, 0.1) is 0 Å². The summed E-state index contributed by atoms with van der Waals surface area (Å²) in [7, 11) is 0. The maximum atomic E-state index is 13.0. The summed E-state index contributed by atoms with van der Waals surface area (Å²) in [4.78, 5) is 23.5. The van der Waals surface area contributed by atoms with Gasteiger partial charge in [-0.05, 0) is 66.0 Å². The summed E-state index contributed by atoms with van der Waals surface area (Å²) < 4.78 is 40.8. The molecule has 1 aromatic heterocycles. The molecular formula is C23H15ClF3N3O3. The number of rotatable bonds is 4. The third-order valence-electron chi connectivity index (χ3n) is 4.87. The van der Waals surface area contributed by atoms with Gasteiger partial charge in [0, 0.05) is 23.3 Å². The number of alkyl halides is 3. The van der Waals surface area contributed by atoms with Gasteiger partial charge in [0.2, 0.25) is 0 Å². The van der Waals surface area contributed by atoms with Crippen LogP contribution in [0.2, 0.25) is 5.02 Å². The van der Waals surface area contributed by atoms with E-state index in [1.54, 1.807) is 47.2 Å². The Morgan fingerprint density at radius 3 is 2.21 bits per heavy atom. The topological polar surface area (TPSA) is 83.4 Å². The Balaban J connectivity index is 1.49. The number of amides is 2. The lowest BCUT2D eigenvalue weighted by Gasteiger charge is -2.13. The molecular weight excluding hydrogens is 459 g/mol. The lowest BCUT2D eigenvalue weighted by Crippen LogP contribution is -2.20. The van der Waals surface area contributed by atoms with Crippen molar-refractivity contribution in [1.82, 2.24) is 4.57 Å².